The molecule has 0 unspecified atom stereocenters. The molecular formula is C10H12Cl2N4O2. The van der Waals surface area contributed by atoms with Gasteiger partial charge in [-0.05, 0) is 13.8 Å². The number of aromatic nitrogens is 4. The van der Waals surface area contributed by atoms with Crippen LogP contribution in [0.1, 0.15) is 31.7 Å². The van der Waals surface area contributed by atoms with E-state index >= 15 is 0 Å². The van der Waals surface area contributed by atoms with Crippen LogP contribution in [0.3, 0.4) is 0 Å². The molecule has 0 bridgehead atoms. The van der Waals surface area contributed by atoms with E-state index in [2.05, 4.69) is 15.1 Å². The summed E-state index contributed by atoms with van der Waals surface area (Å²) in [6, 6.07) is 0. The average Bonchev–Trinajstić information content (AvgIpc) is 2.92. The number of halogens is 2. The monoisotopic (exact) mass is 290 g/mol. The van der Waals surface area contributed by atoms with E-state index in [9.17, 15) is 0 Å². The first-order chi connectivity index (χ1) is 8.61. The molecule has 98 valence electrons. The van der Waals surface area contributed by atoms with Crippen LogP contribution in [0.2, 0.25) is 10.3 Å². The summed E-state index contributed by atoms with van der Waals surface area (Å²) in [5.74, 6) is 0.932. The van der Waals surface area contributed by atoms with Crippen LogP contribution < -0.4 is 0 Å². The van der Waals surface area contributed by atoms with Crippen LogP contribution in [0.4, 0.5) is 0 Å². The number of hydrogen-bond donors (Lipinski definition) is 0. The van der Waals surface area contributed by atoms with Gasteiger partial charge in [0, 0.05) is 6.61 Å². The third-order valence-corrected chi connectivity index (χ3v) is 3.07. The Balaban J connectivity index is 2.09. The molecule has 0 aliphatic carbocycles. The van der Waals surface area contributed by atoms with Crippen LogP contribution in [0, 0.1) is 0 Å². The van der Waals surface area contributed by atoms with Gasteiger partial charge in [-0.25, -0.2) is 4.98 Å². The third-order valence-electron chi connectivity index (χ3n) is 2.30. The predicted molar refractivity (Wildman–Crippen MR) is 65.7 cm³/mol. The van der Waals surface area contributed by atoms with E-state index in [1.165, 1.54) is 6.33 Å². The molecule has 2 aromatic rings. The quantitative estimate of drug-likeness (QED) is 0.847. The second-order valence-corrected chi connectivity index (χ2v) is 4.31. The smallest absolute Gasteiger partial charge is 0.246 e. The molecule has 2 heterocycles. The minimum atomic E-state index is -0.200. The molecule has 2 rings (SSSR count). The van der Waals surface area contributed by atoms with Crippen molar-refractivity contribution in [2.24, 2.45) is 0 Å². The Morgan fingerprint density at radius 1 is 1.50 bits per heavy atom. The molecule has 0 amide bonds. The molecule has 1 atom stereocenters. The molecule has 0 N–H and O–H groups in total. The van der Waals surface area contributed by atoms with E-state index in [0.29, 0.717) is 30.0 Å². The maximum atomic E-state index is 5.93. The van der Waals surface area contributed by atoms with Crippen molar-refractivity contribution in [2.75, 3.05) is 6.61 Å². The maximum absolute atomic E-state index is 5.93. The molecule has 0 saturated carbocycles. The lowest BCUT2D eigenvalue weighted by molar-refractivity contribution is 0.0683. The summed E-state index contributed by atoms with van der Waals surface area (Å²) < 4.78 is 12.1. The molecular weight excluding hydrogens is 279 g/mol. The maximum Gasteiger partial charge on any atom is 0.246 e. The molecule has 0 aliphatic rings. The molecule has 8 heteroatoms. The van der Waals surface area contributed by atoms with Gasteiger partial charge in [-0.3, -0.25) is 0 Å². The van der Waals surface area contributed by atoms with Crippen LogP contribution in [-0.2, 0) is 11.3 Å². The van der Waals surface area contributed by atoms with Crippen molar-refractivity contribution in [3.05, 3.63) is 28.3 Å². The Kier molecular flexibility index (Phi) is 4.21. The summed E-state index contributed by atoms with van der Waals surface area (Å²) in [6.07, 6.45) is 1.31. The lowest BCUT2D eigenvalue weighted by atomic mass is 10.4. The molecule has 0 fully saturated rings. The third kappa shape index (κ3) is 2.82. The van der Waals surface area contributed by atoms with Gasteiger partial charge >= 0.3 is 0 Å². The number of rotatable bonds is 5. The van der Waals surface area contributed by atoms with Gasteiger partial charge in [0.05, 0.1) is 6.33 Å². The molecule has 0 aromatic carbocycles. The normalized spacial score (nSPS) is 12.9. The lowest BCUT2D eigenvalue weighted by Gasteiger charge is -2.04. The summed E-state index contributed by atoms with van der Waals surface area (Å²) in [7, 11) is 0. The topological polar surface area (TPSA) is 66.0 Å². The van der Waals surface area contributed by atoms with E-state index in [-0.39, 0.29) is 11.3 Å². The molecule has 0 radical (unpaired) electrons. The minimum Gasteiger partial charge on any atom is -0.371 e. The van der Waals surface area contributed by atoms with Crippen molar-refractivity contribution in [2.45, 2.75) is 26.5 Å². The second-order valence-electron chi connectivity index (χ2n) is 3.60. The number of imidazole rings is 1. The standard InChI is InChI=1S/C10H12Cl2N4O2/c1-3-17-6(2)10-14-7(18-15-10)4-16-5-13-8(11)9(16)12/h5-6H,3-4H2,1-2H3/t6-/m0/s1. The first-order valence-corrected chi connectivity index (χ1v) is 6.17. The molecule has 0 spiro atoms. The van der Waals surface area contributed by atoms with Crippen LogP contribution in [0.5, 0.6) is 0 Å². The number of hydrogen-bond acceptors (Lipinski definition) is 5. The Hall–Kier alpha value is -1.11. The van der Waals surface area contributed by atoms with E-state index < -0.39 is 0 Å². The minimum absolute atomic E-state index is 0.200. The van der Waals surface area contributed by atoms with E-state index in [1.54, 1.807) is 4.57 Å². The Labute approximate surface area is 114 Å². The van der Waals surface area contributed by atoms with E-state index in [1.807, 2.05) is 13.8 Å². The highest BCUT2D eigenvalue weighted by molar-refractivity contribution is 6.40. The highest BCUT2D eigenvalue weighted by Crippen LogP contribution is 2.20. The van der Waals surface area contributed by atoms with Crippen molar-refractivity contribution < 1.29 is 9.26 Å². The molecule has 6 nitrogen and oxygen atoms in total. The van der Waals surface area contributed by atoms with Crippen LogP contribution in [-0.4, -0.2) is 26.3 Å². The highest BCUT2D eigenvalue weighted by Gasteiger charge is 2.15. The van der Waals surface area contributed by atoms with E-state index in [0.717, 1.165) is 0 Å². The predicted octanol–water partition coefficient (Wildman–Crippen LogP) is 2.72. The fraction of sp³-hybridized carbons (Fsp3) is 0.500. The lowest BCUT2D eigenvalue weighted by Crippen LogP contribution is -2.03. The van der Waals surface area contributed by atoms with Crippen molar-refractivity contribution in [1.29, 1.82) is 0 Å². The number of ether oxygens (including phenoxy) is 1. The summed E-state index contributed by atoms with van der Waals surface area (Å²) >= 11 is 11.7. The van der Waals surface area contributed by atoms with Crippen molar-refractivity contribution in [3.63, 3.8) is 0 Å². The van der Waals surface area contributed by atoms with Crippen molar-refractivity contribution in [1.82, 2.24) is 19.7 Å². The van der Waals surface area contributed by atoms with Gasteiger partial charge in [0.15, 0.2) is 11.0 Å². The zero-order chi connectivity index (χ0) is 13.1. The van der Waals surface area contributed by atoms with E-state index in [4.69, 9.17) is 32.5 Å². The molecule has 0 saturated heterocycles. The summed E-state index contributed by atoms with van der Waals surface area (Å²) in [4.78, 5) is 8.09. The highest BCUT2D eigenvalue weighted by atomic mass is 35.5. The largest absolute Gasteiger partial charge is 0.371 e. The van der Waals surface area contributed by atoms with Crippen LogP contribution in [0.25, 0.3) is 0 Å². The van der Waals surface area contributed by atoms with Crippen LogP contribution in [0.15, 0.2) is 10.9 Å². The van der Waals surface area contributed by atoms with Crippen molar-refractivity contribution in [3.8, 4) is 0 Å². The van der Waals surface area contributed by atoms with Gasteiger partial charge in [0.25, 0.3) is 0 Å². The fourth-order valence-corrected chi connectivity index (χ4v) is 1.73. The fourth-order valence-electron chi connectivity index (χ4n) is 1.42. The number of nitrogens with zero attached hydrogens (tertiary/aromatic N) is 4. The average molecular weight is 291 g/mol. The first kappa shape index (κ1) is 13.3. The summed E-state index contributed by atoms with van der Waals surface area (Å²) in [6.45, 7) is 4.68. The van der Waals surface area contributed by atoms with Gasteiger partial charge in [-0.2, -0.15) is 4.98 Å². The van der Waals surface area contributed by atoms with Crippen LogP contribution >= 0.6 is 23.2 Å². The summed E-state index contributed by atoms with van der Waals surface area (Å²) in [5.41, 5.74) is 0. The Morgan fingerprint density at radius 2 is 2.28 bits per heavy atom. The zero-order valence-electron chi connectivity index (χ0n) is 9.93. The molecule has 2 aromatic heterocycles. The van der Waals surface area contributed by atoms with Gasteiger partial charge in [-0.1, -0.05) is 28.4 Å². The summed E-state index contributed by atoms with van der Waals surface area (Å²) in [5, 5.41) is 4.44. The van der Waals surface area contributed by atoms with Crippen molar-refractivity contribution >= 4 is 23.2 Å². The Morgan fingerprint density at radius 3 is 2.89 bits per heavy atom. The van der Waals surface area contributed by atoms with Gasteiger partial charge < -0.3 is 13.8 Å². The zero-order valence-corrected chi connectivity index (χ0v) is 11.4. The second kappa shape index (κ2) is 5.69. The first-order valence-electron chi connectivity index (χ1n) is 5.42. The van der Waals surface area contributed by atoms with Gasteiger partial charge in [0.1, 0.15) is 17.8 Å². The Bertz CT molecular complexity index is 526. The molecule has 18 heavy (non-hydrogen) atoms. The van der Waals surface area contributed by atoms with Gasteiger partial charge in [0.2, 0.25) is 5.89 Å². The van der Waals surface area contributed by atoms with Gasteiger partial charge in [-0.15, -0.1) is 0 Å². The SMILES string of the molecule is CCO[C@@H](C)c1noc(Cn2cnc(Cl)c2Cl)n1. The molecule has 0 aliphatic heterocycles.